The van der Waals surface area contributed by atoms with Gasteiger partial charge in [0, 0.05) is 43.6 Å². The second-order valence-corrected chi connectivity index (χ2v) is 9.86. The standard InChI is InChI=1S/C22H39N3O2/c23-20-17-5-4-6-18(20)14-19(13-17)21(26)24-15-22(7-2-1-3-8-22)16-25-9-11-27-12-10-25/h17-20H,1-16,23H2,(H,24,26). The van der Waals surface area contributed by atoms with Crippen molar-refractivity contribution in [1.82, 2.24) is 10.2 Å². The van der Waals surface area contributed by atoms with Gasteiger partial charge in [-0.05, 0) is 50.4 Å². The van der Waals surface area contributed by atoms with Crippen LogP contribution >= 0.6 is 0 Å². The van der Waals surface area contributed by atoms with Gasteiger partial charge in [0.1, 0.15) is 0 Å². The van der Waals surface area contributed by atoms with Crippen LogP contribution in [-0.2, 0) is 9.53 Å². The molecule has 1 amide bonds. The molecule has 2 unspecified atom stereocenters. The third-order valence-electron chi connectivity index (χ3n) is 8.00. The van der Waals surface area contributed by atoms with Crippen LogP contribution in [0.5, 0.6) is 0 Å². The first-order valence-electron chi connectivity index (χ1n) is 11.5. The minimum atomic E-state index is 0.198. The quantitative estimate of drug-likeness (QED) is 0.773. The summed E-state index contributed by atoms with van der Waals surface area (Å²) >= 11 is 0. The van der Waals surface area contributed by atoms with Crippen molar-refractivity contribution in [3.05, 3.63) is 0 Å². The van der Waals surface area contributed by atoms with Crippen LogP contribution < -0.4 is 11.1 Å². The van der Waals surface area contributed by atoms with Gasteiger partial charge in [-0.1, -0.05) is 25.7 Å². The number of carbonyl (C=O) groups excluding carboxylic acids is 1. The summed E-state index contributed by atoms with van der Waals surface area (Å²) in [6.07, 6.45) is 12.3. The van der Waals surface area contributed by atoms with E-state index in [9.17, 15) is 4.79 Å². The highest BCUT2D eigenvalue weighted by Crippen LogP contribution is 2.42. The van der Waals surface area contributed by atoms with Gasteiger partial charge in [0.15, 0.2) is 0 Å². The minimum absolute atomic E-state index is 0.198. The average molecular weight is 378 g/mol. The summed E-state index contributed by atoms with van der Waals surface area (Å²) in [5.74, 6) is 1.66. The van der Waals surface area contributed by atoms with Crippen molar-refractivity contribution in [3.63, 3.8) is 0 Å². The Hall–Kier alpha value is -0.650. The highest BCUT2D eigenvalue weighted by atomic mass is 16.5. The van der Waals surface area contributed by atoms with Gasteiger partial charge in [-0.2, -0.15) is 0 Å². The van der Waals surface area contributed by atoms with Crippen LogP contribution in [0, 0.1) is 23.2 Å². The monoisotopic (exact) mass is 377 g/mol. The molecule has 1 saturated heterocycles. The highest BCUT2D eigenvalue weighted by Gasteiger charge is 2.41. The average Bonchev–Trinajstić information content (AvgIpc) is 2.67. The summed E-state index contributed by atoms with van der Waals surface area (Å²) < 4.78 is 5.52. The fourth-order valence-corrected chi connectivity index (χ4v) is 6.35. The number of carbonyl (C=O) groups is 1. The maximum absolute atomic E-state index is 13.0. The lowest BCUT2D eigenvalue weighted by Crippen LogP contribution is -2.52. The molecule has 4 aliphatic rings. The first-order chi connectivity index (χ1) is 13.2. The molecule has 0 aromatic rings. The zero-order valence-electron chi connectivity index (χ0n) is 17.0. The fourth-order valence-electron chi connectivity index (χ4n) is 6.35. The number of hydrogen-bond donors (Lipinski definition) is 2. The Morgan fingerprint density at radius 3 is 2.37 bits per heavy atom. The van der Waals surface area contributed by atoms with E-state index in [0.29, 0.717) is 23.8 Å². The number of nitrogens with one attached hydrogen (secondary N) is 1. The van der Waals surface area contributed by atoms with Crippen LogP contribution in [0.15, 0.2) is 0 Å². The van der Waals surface area contributed by atoms with E-state index in [1.54, 1.807) is 0 Å². The van der Waals surface area contributed by atoms with E-state index >= 15 is 0 Å². The van der Waals surface area contributed by atoms with Gasteiger partial charge in [0.25, 0.3) is 0 Å². The second kappa shape index (κ2) is 8.79. The van der Waals surface area contributed by atoms with Crippen LogP contribution in [0.2, 0.25) is 0 Å². The zero-order valence-corrected chi connectivity index (χ0v) is 17.0. The number of rotatable bonds is 5. The molecule has 5 heteroatoms. The van der Waals surface area contributed by atoms with Crippen molar-refractivity contribution in [3.8, 4) is 0 Å². The van der Waals surface area contributed by atoms with E-state index in [1.165, 1.54) is 51.4 Å². The highest BCUT2D eigenvalue weighted by molar-refractivity contribution is 5.78. The molecule has 0 aromatic carbocycles. The number of amides is 1. The van der Waals surface area contributed by atoms with Crippen molar-refractivity contribution in [2.75, 3.05) is 39.4 Å². The Kier molecular flexibility index (Phi) is 6.40. The molecule has 0 aromatic heterocycles. The molecule has 3 N–H and O–H groups in total. The van der Waals surface area contributed by atoms with E-state index in [4.69, 9.17) is 10.5 Å². The minimum Gasteiger partial charge on any atom is -0.379 e. The van der Waals surface area contributed by atoms with E-state index in [2.05, 4.69) is 10.2 Å². The van der Waals surface area contributed by atoms with Gasteiger partial charge < -0.3 is 15.8 Å². The Morgan fingerprint density at radius 2 is 1.70 bits per heavy atom. The fraction of sp³-hybridized carbons (Fsp3) is 0.955. The summed E-state index contributed by atoms with van der Waals surface area (Å²) in [5.41, 5.74) is 6.69. The first kappa shape index (κ1) is 19.7. The summed E-state index contributed by atoms with van der Waals surface area (Å²) in [4.78, 5) is 15.6. The molecule has 3 saturated carbocycles. The molecule has 5 nitrogen and oxygen atoms in total. The molecule has 2 atom stereocenters. The van der Waals surface area contributed by atoms with Crippen molar-refractivity contribution < 1.29 is 9.53 Å². The second-order valence-electron chi connectivity index (χ2n) is 9.86. The van der Waals surface area contributed by atoms with Crippen molar-refractivity contribution in [1.29, 1.82) is 0 Å². The molecule has 27 heavy (non-hydrogen) atoms. The number of nitrogens with zero attached hydrogens (tertiary/aromatic N) is 1. The molecule has 1 aliphatic heterocycles. The number of fused-ring (bicyclic) bond motifs is 2. The first-order valence-corrected chi connectivity index (χ1v) is 11.5. The van der Waals surface area contributed by atoms with Crippen molar-refractivity contribution >= 4 is 5.91 Å². The Balaban J connectivity index is 1.33. The molecule has 2 bridgehead atoms. The van der Waals surface area contributed by atoms with Crippen LogP contribution in [0.4, 0.5) is 0 Å². The lowest BCUT2D eigenvalue weighted by atomic mass is 9.65. The van der Waals surface area contributed by atoms with Crippen LogP contribution in [0.25, 0.3) is 0 Å². The number of hydrogen-bond acceptors (Lipinski definition) is 4. The van der Waals surface area contributed by atoms with Crippen molar-refractivity contribution in [2.45, 2.75) is 70.3 Å². The lowest BCUT2D eigenvalue weighted by molar-refractivity contribution is -0.128. The Morgan fingerprint density at radius 1 is 1.04 bits per heavy atom. The van der Waals surface area contributed by atoms with Crippen LogP contribution in [-0.4, -0.2) is 56.2 Å². The van der Waals surface area contributed by atoms with E-state index < -0.39 is 0 Å². The predicted octanol–water partition coefficient (Wildman–Crippen LogP) is 2.54. The smallest absolute Gasteiger partial charge is 0.223 e. The number of morpholine rings is 1. The van der Waals surface area contributed by atoms with Gasteiger partial charge in [-0.25, -0.2) is 0 Å². The zero-order chi connectivity index (χ0) is 18.7. The summed E-state index contributed by atoms with van der Waals surface area (Å²) in [7, 11) is 0. The Labute approximate surface area is 164 Å². The maximum atomic E-state index is 13.0. The molecule has 3 aliphatic carbocycles. The largest absolute Gasteiger partial charge is 0.379 e. The molecule has 4 fully saturated rings. The topological polar surface area (TPSA) is 67.6 Å². The van der Waals surface area contributed by atoms with E-state index in [1.807, 2.05) is 0 Å². The van der Waals surface area contributed by atoms with E-state index in [0.717, 1.165) is 52.2 Å². The summed E-state index contributed by atoms with van der Waals surface area (Å²) in [6.45, 7) is 5.78. The molecule has 154 valence electrons. The third-order valence-corrected chi connectivity index (χ3v) is 8.00. The predicted molar refractivity (Wildman–Crippen MR) is 107 cm³/mol. The Bertz CT molecular complexity index is 486. The van der Waals surface area contributed by atoms with Crippen LogP contribution in [0.3, 0.4) is 0 Å². The molecule has 1 heterocycles. The van der Waals surface area contributed by atoms with Gasteiger partial charge in [0.2, 0.25) is 5.91 Å². The molecule has 0 spiro atoms. The SMILES string of the molecule is NC1C2CCCC1CC(C(=O)NCC1(CN3CCOCC3)CCCCC1)C2. The number of nitrogens with two attached hydrogens (primary N) is 1. The van der Waals surface area contributed by atoms with E-state index in [-0.39, 0.29) is 11.3 Å². The molecule has 4 rings (SSSR count). The summed E-state index contributed by atoms with van der Waals surface area (Å²) in [6, 6.07) is 0.341. The number of ether oxygens (including phenoxy) is 1. The maximum Gasteiger partial charge on any atom is 0.223 e. The molecule has 0 radical (unpaired) electrons. The third kappa shape index (κ3) is 4.68. The van der Waals surface area contributed by atoms with Crippen molar-refractivity contribution in [2.24, 2.45) is 28.9 Å². The lowest BCUT2D eigenvalue weighted by Gasteiger charge is -2.45. The molecular formula is C22H39N3O2. The van der Waals surface area contributed by atoms with Gasteiger partial charge >= 0.3 is 0 Å². The van der Waals surface area contributed by atoms with Gasteiger partial charge in [0.05, 0.1) is 13.2 Å². The van der Waals surface area contributed by atoms with Gasteiger partial charge in [-0.15, -0.1) is 0 Å². The van der Waals surface area contributed by atoms with Gasteiger partial charge in [-0.3, -0.25) is 9.69 Å². The summed E-state index contributed by atoms with van der Waals surface area (Å²) in [5, 5.41) is 3.42. The normalized spacial score (nSPS) is 36.9. The van der Waals surface area contributed by atoms with Crippen LogP contribution in [0.1, 0.15) is 64.2 Å². The molecular weight excluding hydrogens is 338 g/mol.